The number of nitrogens with zero attached hydrogens (tertiary/aromatic N) is 2. The molecule has 1 aliphatic rings. The molecule has 4 nitrogen and oxygen atoms in total. The molecule has 1 atom stereocenters. The Balaban J connectivity index is 2.00. The zero-order valence-corrected chi connectivity index (χ0v) is 10.3. The van der Waals surface area contributed by atoms with Gasteiger partial charge in [0, 0.05) is 18.9 Å². The fraction of sp³-hybridized carbons (Fsp3) is 0.231. The molecule has 1 N–H and O–H groups in total. The maximum absolute atomic E-state index is 11.8. The minimum absolute atomic E-state index is 0.0150. The molecule has 1 fully saturated rings. The van der Waals surface area contributed by atoms with Crippen LogP contribution in [0.25, 0.3) is 10.2 Å². The highest BCUT2D eigenvalue weighted by atomic mass is 32.1. The number of anilines is 1. The lowest BCUT2D eigenvalue weighted by Gasteiger charge is -2.10. The number of terminal acetylenes is 1. The summed E-state index contributed by atoms with van der Waals surface area (Å²) < 4.78 is 0.863. The number of hydrogen-bond acceptors (Lipinski definition) is 4. The third kappa shape index (κ3) is 1.71. The van der Waals surface area contributed by atoms with Gasteiger partial charge in [0.1, 0.15) is 5.75 Å². The van der Waals surface area contributed by atoms with Crippen molar-refractivity contribution in [3.63, 3.8) is 0 Å². The molecule has 1 amide bonds. The summed E-state index contributed by atoms with van der Waals surface area (Å²) in [6, 6.07) is 4.97. The van der Waals surface area contributed by atoms with Crippen LogP contribution in [0.1, 0.15) is 6.42 Å². The molecular formula is C13H10N2O2S. The van der Waals surface area contributed by atoms with E-state index in [0.717, 1.165) is 10.2 Å². The molecule has 5 heteroatoms. The fourth-order valence-corrected chi connectivity index (χ4v) is 3.05. The number of amides is 1. The van der Waals surface area contributed by atoms with Gasteiger partial charge in [-0.25, -0.2) is 4.98 Å². The fourth-order valence-electron chi connectivity index (χ4n) is 2.02. The second-order valence-corrected chi connectivity index (χ2v) is 5.23. The molecule has 1 unspecified atom stereocenters. The maximum Gasteiger partial charge on any atom is 0.230 e. The van der Waals surface area contributed by atoms with E-state index >= 15 is 0 Å². The van der Waals surface area contributed by atoms with Crippen LogP contribution < -0.4 is 4.90 Å². The van der Waals surface area contributed by atoms with Gasteiger partial charge in [0.25, 0.3) is 0 Å². The van der Waals surface area contributed by atoms with Crippen LogP contribution >= 0.6 is 11.3 Å². The second-order valence-electron chi connectivity index (χ2n) is 4.22. The first-order valence-corrected chi connectivity index (χ1v) is 6.35. The van der Waals surface area contributed by atoms with Crippen molar-refractivity contribution in [2.45, 2.75) is 6.42 Å². The SMILES string of the molecule is C#CC1CC(=O)N(c2nc3ccc(O)cc3s2)C1. The van der Waals surface area contributed by atoms with E-state index in [9.17, 15) is 9.90 Å². The third-order valence-electron chi connectivity index (χ3n) is 2.95. The Kier molecular flexibility index (Phi) is 2.46. The van der Waals surface area contributed by atoms with Crippen molar-refractivity contribution in [2.75, 3.05) is 11.4 Å². The summed E-state index contributed by atoms with van der Waals surface area (Å²) in [4.78, 5) is 17.9. The van der Waals surface area contributed by atoms with Gasteiger partial charge in [0.15, 0.2) is 5.13 Å². The summed E-state index contributed by atoms with van der Waals surface area (Å²) in [5, 5.41) is 10.1. The number of carbonyl (C=O) groups excluding carboxylic acids is 1. The maximum atomic E-state index is 11.8. The van der Waals surface area contributed by atoms with Crippen LogP contribution in [0, 0.1) is 18.3 Å². The lowest BCUT2D eigenvalue weighted by molar-refractivity contribution is -0.117. The Morgan fingerprint density at radius 2 is 2.39 bits per heavy atom. The monoisotopic (exact) mass is 258 g/mol. The highest BCUT2D eigenvalue weighted by Gasteiger charge is 2.31. The molecule has 0 radical (unpaired) electrons. The van der Waals surface area contributed by atoms with Gasteiger partial charge in [-0.2, -0.15) is 0 Å². The predicted molar refractivity (Wildman–Crippen MR) is 70.6 cm³/mol. The van der Waals surface area contributed by atoms with Gasteiger partial charge in [-0.1, -0.05) is 11.3 Å². The number of benzene rings is 1. The van der Waals surface area contributed by atoms with E-state index in [1.165, 1.54) is 11.3 Å². The number of carbonyl (C=O) groups is 1. The van der Waals surface area contributed by atoms with E-state index in [1.807, 2.05) is 0 Å². The first-order chi connectivity index (χ1) is 8.67. The molecule has 0 bridgehead atoms. The molecule has 90 valence electrons. The van der Waals surface area contributed by atoms with Crippen LogP contribution in [0.4, 0.5) is 5.13 Å². The molecule has 0 spiro atoms. The standard InChI is InChI=1S/C13H10N2O2S/c1-2-8-5-12(17)15(7-8)13-14-10-4-3-9(16)6-11(10)18-13/h1,3-4,6,8,16H,5,7H2. The summed E-state index contributed by atoms with van der Waals surface area (Å²) in [6.45, 7) is 0.529. The topological polar surface area (TPSA) is 53.4 Å². The average Bonchev–Trinajstić information content (AvgIpc) is 2.91. The molecule has 0 saturated carbocycles. The molecule has 1 aromatic heterocycles. The van der Waals surface area contributed by atoms with Gasteiger partial charge in [0.05, 0.1) is 10.2 Å². The van der Waals surface area contributed by atoms with Crippen LogP contribution in [-0.4, -0.2) is 22.5 Å². The van der Waals surface area contributed by atoms with Crippen molar-refractivity contribution < 1.29 is 9.90 Å². The minimum Gasteiger partial charge on any atom is -0.508 e. The summed E-state index contributed by atoms with van der Waals surface area (Å²) in [5.41, 5.74) is 0.782. The van der Waals surface area contributed by atoms with E-state index in [2.05, 4.69) is 10.9 Å². The van der Waals surface area contributed by atoms with Crippen molar-refractivity contribution in [2.24, 2.45) is 5.92 Å². The summed E-state index contributed by atoms with van der Waals surface area (Å²) in [5.74, 6) is 2.80. The van der Waals surface area contributed by atoms with Crippen molar-refractivity contribution in [3.05, 3.63) is 18.2 Å². The molecular weight excluding hydrogens is 248 g/mol. The van der Waals surface area contributed by atoms with E-state index < -0.39 is 0 Å². The highest BCUT2D eigenvalue weighted by Crippen LogP contribution is 2.33. The van der Waals surface area contributed by atoms with Crippen molar-refractivity contribution >= 4 is 32.6 Å². The zero-order chi connectivity index (χ0) is 12.7. The van der Waals surface area contributed by atoms with E-state index in [0.29, 0.717) is 18.1 Å². The number of phenols is 1. The van der Waals surface area contributed by atoms with Crippen molar-refractivity contribution in [3.8, 4) is 18.1 Å². The van der Waals surface area contributed by atoms with E-state index in [1.54, 1.807) is 23.1 Å². The number of aromatic hydroxyl groups is 1. The number of phenolic OH excluding ortho intramolecular Hbond substituents is 1. The molecule has 0 aliphatic carbocycles. The molecule has 2 heterocycles. The van der Waals surface area contributed by atoms with Crippen LogP contribution in [0.5, 0.6) is 5.75 Å². The van der Waals surface area contributed by atoms with E-state index in [-0.39, 0.29) is 17.6 Å². The van der Waals surface area contributed by atoms with Crippen LogP contribution in [0.3, 0.4) is 0 Å². The van der Waals surface area contributed by atoms with Gasteiger partial charge >= 0.3 is 0 Å². The Morgan fingerprint density at radius 3 is 3.11 bits per heavy atom. The van der Waals surface area contributed by atoms with Crippen LogP contribution in [0.15, 0.2) is 18.2 Å². The molecule has 18 heavy (non-hydrogen) atoms. The average molecular weight is 258 g/mol. The lowest BCUT2D eigenvalue weighted by atomic mass is 10.1. The van der Waals surface area contributed by atoms with Crippen LogP contribution in [0.2, 0.25) is 0 Å². The Bertz CT molecular complexity index is 671. The number of thiazole rings is 1. The minimum atomic E-state index is -0.0297. The smallest absolute Gasteiger partial charge is 0.230 e. The summed E-state index contributed by atoms with van der Waals surface area (Å²) in [6.07, 6.45) is 5.74. The number of fused-ring (bicyclic) bond motifs is 1. The Hall–Kier alpha value is -2.06. The zero-order valence-electron chi connectivity index (χ0n) is 9.46. The second kappa shape index (κ2) is 4.00. The third-order valence-corrected chi connectivity index (χ3v) is 3.99. The van der Waals surface area contributed by atoms with Gasteiger partial charge in [-0.15, -0.1) is 12.3 Å². The molecule has 3 rings (SSSR count). The van der Waals surface area contributed by atoms with Gasteiger partial charge < -0.3 is 5.11 Å². The quantitative estimate of drug-likeness (QED) is 0.796. The Labute approximate surface area is 108 Å². The lowest BCUT2D eigenvalue weighted by Crippen LogP contribution is -2.24. The van der Waals surface area contributed by atoms with Gasteiger partial charge in [-0.05, 0) is 18.2 Å². The Morgan fingerprint density at radius 1 is 1.56 bits per heavy atom. The summed E-state index contributed by atoms with van der Waals surface area (Å²) >= 11 is 1.39. The van der Waals surface area contributed by atoms with Crippen molar-refractivity contribution in [1.82, 2.24) is 4.98 Å². The molecule has 1 aliphatic heterocycles. The van der Waals surface area contributed by atoms with Gasteiger partial charge in [-0.3, -0.25) is 9.69 Å². The number of hydrogen-bond donors (Lipinski definition) is 1. The first kappa shape index (κ1) is 11.1. The summed E-state index contributed by atoms with van der Waals surface area (Å²) in [7, 11) is 0. The highest BCUT2D eigenvalue weighted by molar-refractivity contribution is 7.22. The normalized spacial score (nSPS) is 19.4. The van der Waals surface area contributed by atoms with Gasteiger partial charge in [0.2, 0.25) is 5.91 Å². The number of aromatic nitrogens is 1. The largest absolute Gasteiger partial charge is 0.508 e. The number of rotatable bonds is 1. The molecule has 1 saturated heterocycles. The van der Waals surface area contributed by atoms with Crippen LogP contribution in [-0.2, 0) is 4.79 Å². The van der Waals surface area contributed by atoms with E-state index in [4.69, 9.17) is 6.42 Å². The predicted octanol–water partition coefficient (Wildman–Crippen LogP) is 1.99. The first-order valence-electron chi connectivity index (χ1n) is 5.53. The molecule has 2 aromatic rings. The molecule has 1 aromatic carbocycles. The van der Waals surface area contributed by atoms with Crippen molar-refractivity contribution in [1.29, 1.82) is 0 Å².